The van der Waals surface area contributed by atoms with Gasteiger partial charge in [-0.1, -0.05) is 15.9 Å². The number of benzene rings is 2. The third-order valence-corrected chi connectivity index (χ3v) is 3.67. The Morgan fingerprint density at radius 3 is 2.58 bits per heavy atom. The van der Waals surface area contributed by atoms with Crippen molar-refractivity contribution in [1.82, 2.24) is 0 Å². The first kappa shape index (κ1) is 14.0. The van der Waals surface area contributed by atoms with Crippen LogP contribution in [-0.4, -0.2) is 5.11 Å². The highest BCUT2D eigenvalue weighted by Crippen LogP contribution is 2.31. The second kappa shape index (κ2) is 5.72. The van der Waals surface area contributed by atoms with Gasteiger partial charge in [-0.3, -0.25) is 0 Å². The highest BCUT2D eigenvalue weighted by molar-refractivity contribution is 9.10. The molecule has 2 aromatic carbocycles. The fourth-order valence-corrected chi connectivity index (χ4v) is 1.99. The minimum absolute atomic E-state index is 0.393. The Labute approximate surface area is 120 Å². The maximum Gasteiger partial charge on any atom is 0.133 e. The molecule has 1 atom stereocenters. The lowest BCUT2D eigenvalue weighted by atomic mass is 10.1. The molecular formula is C15H14BrFO2. The van der Waals surface area contributed by atoms with Crippen LogP contribution < -0.4 is 4.74 Å². The van der Waals surface area contributed by atoms with Crippen molar-refractivity contribution < 1.29 is 14.2 Å². The van der Waals surface area contributed by atoms with E-state index < -0.39 is 11.9 Å². The summed E-state index contributed by atoms with van der Waals surface area (Å²) in [5, 5.41) is 9.65. The molecule has 4 heteroatoms. The summed E-state index contributed by atoms with van der Waals surface area (Å²) in [4.78, 5) is 0. The predicted molar refractivity (Wildman–Crippen MR) is 76.0 cm³/mol. The van der Waals surface area contributed by atoms with Crippen LogP contribution in [0.25, 0.3) is 0 Å². The number of hydrogen-bond acceptors (Lipinski definition) is 2. The quantitative estimate of drug-likeness (QED) is 0.883. The minimum Gasteiger partial charge on any atom is -0.457 e. The largest absolute Gasteiger partial charge is 0.457 e. The van der Waals surface area contributed by atoms with Gasteiger partial charge >= 0.3 is 0 Å². The Morgan fingerprint density at radius 2 is 1.95 bits per heavy atom. The molecule has 0 aliphatic carbocycles. The molecule has 0 aromatic heterocycles. The van der Waals surface area contributed by atoms with E-state index in [4.69, 9.17) is 4.74 Å². The van der Waals surface area contributed by atoms with Crippen LogP contribution in [0.5, 0.6) is 11.5 Å². The molecule has 0 aliphatic heterocycles. The van der Waals surface area contributed by atoms with Gasteiger partial charge in [0.1, 0.15) is 17.3 Å². The molecule has 2 aromatic rings. The smallest absolute Gasteiger partial charge is 0.133 e. The van der Waals surface area contributed by atoms with E-state index in [1.54, 1.807) is 6.92 Å². The van der Waals surface area contributed by atoms with E-state index in [1.807, 2.05) is 25.1 Å². The Morgan fingerprint density at radius 1 is 1.21 bits per heavy atom. The van der Waals surface area contributed by atoms with Gasteiger partial charge in [-0.25, -0.2) is 4.39 Å². The number of aryl methyl sites for hydroxylation is 1. The molecule has 0 bridgehead atoms. The van der Waals surface area contributed by atoms with Crippen molar-refractivity contribution in [2.24, 2.45) is 0 Å². The topological polar surface area (TPSA) is 29.5 Å². The maximum absolute atomic E-state index is 13.2. The third kappa shape index (κ3) is 3.33. The van der Waals surface area contributed by atoms with Crippen molar-refractivity contribution >= 4 is 15.9 Å². The van der Waals surface area contributed by atoms with Gasteiger partial charge in [0.2, 0.25) is 0 Å². The van der Waals surface area contributed by atoms with Gasteiger partial charge in [0.25, 0.3) is 0 Å². The van der Waals surface area contributed by atoms with Gasteiger partial charge in [0.05, 0.1) is 6.10 Å². The first-order valence-corrected chi connectivity index (χ1v) is 6.68. The second-order valence-corrected chi connectivity index (χ2v) is 5.23. The molecule has 2 nitrogen and oxygen atoms in total. The molecule has 0 amide bonds. The molecule has 1 N–H and O–H groups in total. The van der Waals surface area contributed by atoms with E-state index in [-0.39, 0.29) is 0 Å². The first-order valence-electron chi connectivity index (χ1n) is 5.89. The lowest BCUT2D eigenvalue weighted by Crippen LogP contribution is -1.97. The monoisotopic (exact) mass is 324 g/mol. The minimum atomic E-state index is -0.790. The summed E-state index contributed by atoms with van der Waals surface area (Å²) in [6, 6.07) is 9.69. The molecule has 100 valence electrons. The molecular weight excluding hydrogens is 311 g/mol. The van der Waals surface area contributed by atoms with Crippen LogP contribution in [0.1, 0.15) is 24.2 Å². The van der Waals surface area contributed by atoms with E-state index in [1.165, 1.54) is 18.2 Å². The molecule has 19 heavy (non-hydrogen) atoms. The van der Waals surface area contributed by atoms with Crippen LogP contribution in [0.4, 0.5) is 4.39 Å². The van der Waals surface area contributed by atoms with E-state index in [0.717, 1.165) is 10.0 Å². The number of aliphatic hydroxyl groups is 1. The van der Waals surface area contributed by atoms with Crippen molar-refractivity contribution in [3.8, 4) is 11.5 Å². The number of hydrogen-bond donors (Lipinski definition) is 1. The Hall–Kier alpha value is -1.39. The Kier molecular flexibility index (Phi) is 4.22. The molecule has 0 aliphatic rings. The lowest BCUT2D eigenvalue weighted by Gasteiger charge is -2.14. The van der Waals surface area contributed by atoms with Gasteiger partial charge in [-0.2, -0.15) is 0 Å². The number of rotatable bonds is 3. The highest BCUT2D eigenvalue weighted by Gasteiger charge is 2.11. The normalized spacial score (nSPS) is 12.3. The van der Waals surface area contributed by atoms with Crippen molar-refractivity contribution in [2.75, 3.05) is 0 Å². The summed E-state index contributed by atoms with van der Waals surface area (Å²) >= 11 is 3.42. The molecule has 2 rings (SSSR count). The summed E-state index contributed by atoms with van der Waals surface area (Å²) in [5.41, 5.74) is 1.47. The summed E-state index contributed by atoms with van der Waals surface area (Å²) in [7, 11) is 0. The summed E-state index contributed by atoms with van der Waals surface area (Å²) in [5.74, 6) is 0.711. The fourth-order valence-electron chi connectivity index (χ4n) is 1.75. The van der Waals surface area contributed by atoms with Crippen LogP contribution in [0.3, 0.4) is 0 Å². The van der Waals surface area contributed by atoms with Crippen molar-refractivity contribution in [3.63, 3.8) is 0 Å². The van der Waals surface area contributed by atoms with Crippen LogP contribution in [0.15, 0.2) is 40.9 Å². The average molecular weight is 325 g/mol. The molecule has 0 radical (unpaired) electrons. The number of ether oxygens (including phenoxy) is 1. The standard InChI is InChI=1S/C15H14BrFO2/c1-9-7-12(4-5-14(9)16)19-15-6-3-11(17)8-13(15)10(2)18/h3-8,10,18H,1-2H3/t10-/m1/s1. The van der Waals surface area contributed by atoms with Gasteiger partial charge in [0, 0.05) is 10.0 Å². The van der Waals surface area contributed by atoms with Crippen LogP contribution >= 0.6 is 15.9 Å². The third-order valence-electron chi connectivity index (χ3n) is 2.78. The van der Waals surface area contributed by atoms with Crippen LogP contribution in [-0.2, 0) is 0 Å². The summed E-state index contributed by atoms with van der Waals surface area (Å²) < 4.78 is 19.9. The second-order valence-electron chi connectivity index (χ2n) is 4.37. The molecule has 0 saturated heterocycles. The predicted octanol–water partition coefficient (Wildman–Crippen LogP) is 4.74. The van der Waals surface area contributed by atoms with Crippen molar-refractivity contribution in [2.45, 2.75) is 20.0 Å². The number of aliphatic hydroxyl groups excluding tert-OH is 1. The average Bonchev–Trinajstić information content (AvgIpc) is 2.36. The van der Waals surface area contributed by atoms with Gasteiger partial charge in [0.15, 0.2) is 0 Å². The molecule has 0 fully saturated rings. The SMILES string of the molecule is Cc1cc(Oc2ccc(F)cc2[C@@H](C)O)ccc1Br. The van der Waals surface area contributed by atoms with Crippen molar-refractivity contribution in [1.29, 1.82) is 0 Å². The van der Waals surface area contributed by atoms with Crippen LogP contribution in [0.2, 0.25) is 0 Å². The molecule has 0 heterocycles. The zero-order valence-electron chi connectivity index (χ0n) is 10.7. The van der Waals surface area contributed by atoms with Crippen LogP contribution in [0, 0.1) is 12.7 Å². The molecule has 0 saturated carbocycles. The summed E-state index contributed by atoms with van der Waals surface area (Å²) in [6.07, 6.45) is -0.790. The van der Waals surface area contributed by atoms with E-state index in [9.17, 15) is 9.50 Å². The maximum atomic E-state index is 13.2. The Balaban J connectivity index is 2.35. The fraction of sp³-hybridized carbons (Fsp3) is 0.200. The van der Waals surface area contributed by atoms with Gasteiger partial charge in [-0.15, -0.1) is 0 Å². The highest BCUT2D eigenvalue weighted by atomic mass is 79.9. The van der Waals surface area contributed by atoms with Crippen molar-refractivity contribution in [3.05, 3.63) is 57.8 Å². The van der Waals surface area contributed by atoms with E-state index in [0.29, 0.717) is 17.1 Å². The zero-order valence-corrected chi connectivity index (χ0v) is 12.2. The van der Waals surface area contributed by atoms with Gasteiger partial charge < -0.3 is 9.84 Å². The van der Waals surface area contributed by atoms with E-state index >= 15 is 0 Å². The Bertz CT molecular complexity index is 597. The molecule has 0 unspecified atom stereocenters. The van der Waals surface area contributed by atoms with E-state index in [2.05, 4.69) is 15.9 Å². The first-order chi connectivity index (χ1) is 8.97. The number of halogens is 2. The summed E-state index contributed by atoms with van der Waals surface area (Å²) in [6.45, 7) is 3.53. The molecule has 0 spiro atoms. The van der Waals surface area contributed by atoms with Gasteiger partial charge in [-0.05, 0) is 55.8 Å². The zero-order chi connectivity index (χ0) is 14.0. The lowest BCUT2D eigenvalue weighted by molar-refractivity contribution is 0.195.